The molecule has 0 radical (unpaired) electrons. The van der Waals surface area contributed by atoms with Gasteiger partial charge in [-0.05, 0) is 148 Å². The van der Waals surface area contributed by atoms with E-state index in [-0.39, 0.29) is 6.71 Å². The minimum Gasteiger partial charge on any atom is -0.468 e. The molecule has 0 spiro atoms. The van der Waals surface area contributed by atoms with Crippen molar-refractivity contribution >= 4 is 147 Å². The molecular formula is C72H48BClN4O2. The molecule has 2 aliphatic heterocycles. The van der Waals surface area contributed by atoms with Gasteiger partial charge in [0.2, 0.25) is 0 Å². The lowest BCUT2D eigenvalue weighted by Crippen LogP contribution is -2.60. The maximum atomic E-state index is 7.40. The van der Waals surface area contributed by atoms with Crippen LogP contribution in [0.5, 0.6) is 0 Å². The van der Waals surface area contributed by atoms with Crippen LogP contribution >= 0.6 is 11.6 Å². The molecule has 378 valence electrons. The maximum Gasteiger partial charge on any atom is 0.297 e. The zero-order valence-electron chi connectivity index (χ0n) is 43.3. The van der Waals surface area contributed by atoms with Crippen LogP contribution in [-0.2, 0) is 0 Å². The predicted molar refractivity (Wildman–Crippen MR) is 336 cm³/mol. The molecule has 16 rings (SSSR count). The maximum absolute atomic E-state index is 7.40. The zero-order valence-corrected chi connectivity index (χ0v) is 44.0. The van der Waals surface area contributed by atoms with Gasteiger partial charge in [-0.1, -0.05) is 181 Å². The number of fused-ring (bicyclic) bond motifs is 9. The second-order valence-corrected chi connectivity index (χ2v) is 20.5. The van der Waals surface area contributed by atoms with E-state index in [1.54, 1.807) is 0 Å². The molecule has 80 heavy (non-hydrogen) atoms. The Morgan fingerprint density at radius 3 is 1.40 bits per heavy atom. The highest BCUT2D eigenvalue weighted by Gasteiger charge is 2.46. The molecule has 0 bridgehead atoms. The Morgan fingerprint density at radius 2 is 0.800 bits per heavy atom. The third-order valence-corrected chi connectivity index (χ3v) is 15.9. The zero-order chi connectivity index (χ0) is 53.1. The normalized spacial score (nSPS) is 12.2. The molecule has 8 heteroatoms. The molecule has 2 aromatic heterocycles. The minimum absolute atomic E-state index is 0.0205. The minimum atomic E-state index is -0.0205. The van der Waals surface area contributed by atoms with Crippen LogP contribution in [-0.4, -0.2) is 6.71 Å². The number of hydrogen-bond donors (Lipinski definition) is 0. The Morgan fingerprint density at radius 1 is 0.362 bits per heavy atom. The van der Waals surface area contributed by atoms with Crippen LogP contribution in [0, 0.1) is 0 Å². The molecular weight excluding hydrogens is 999 g/mol. The van der Waals surface area contributed by atoms with Crippen molar-refractivity contribution in [3.63, 3.8) is 0 Å². The van der Waals surface area contributed by atoms with Gasteiger partial charge in [0.25, 0.3) is 6.71 Å². The van der Waals surface area contributed by atoms with E-state index in [2.05, 4.69) is 244 Å². The SMILES string of the molecule is Clc1c(N(c2ccccc2)c2ccccc2)cccc1N(c1ccccc1)c1coc2cc3ccccc3cc12.c1ccc(N2c3ccccc3B3c4oc5cc6ccccc6cc5c4N(c4ccccc4)c4cccc2c43)cc1. The molecule has 0 saturated carbocycles. The van der Waals surface area contributed by atoms with Gasteiger partial charge in [-0.2, -0.15) is 0 Å². The van der Waals surface area contributed by atoms with Gasteiger partial charge in [0.1, 0.15) is 17.4 Å². The number of hydrogen-bond acceptors (Lipinski definition) is 6. The Hall–Kier alpha value is -10.2. The highest BCUT2D eigenvalue weighted by Crippen LogP contribution is 2.50. The Kier molecular flexibility index (Phi) is 11.6. The van der Waals surface area contributed by atoms with Crippen molar-refractivity contribution in [2.24, 2.45) is 0 Å². The largest absolute Gasteiger partial charge is 0.468 e. The number of furan rings is 2. The molecule has 4 heterocycles. The van der Waals surface area contributed by atoms with Crippen molar-refractivity contribution in [3.05, 3.63) is 296 Å². The van der Waals surface area contributed by atoms with Gasteiger partial charge in [-0.15, -0.1) is 0 Å². The van der Waals surface area contributed by atoms with Crippen molar-refractivity contribution in [2.45, 2.75) is 0 Å². The second-order valence-electron chi connectivity index (χ2n) is 20.2. The molecule has 0 unspecified atom stereocenters. The molecule has 2 aliphatic rings. The first-order valence-corrected chi connectivity index (χ1v) is 27.3. The monoisotopic (exact) mass is 1050 g/mol. The highest BCUT2D eigenvalue weighted by molar-refractivity contribution is 7.00. The average Bonchev–Trinajstić information content (AvgIpc) is 4.25. The summed E-state index contributed by atoms with van der Waals surface area (Å²) < 4.78 is 13.1. The first-order chi connectivity index (χ1) is 39.6. The van der Waals surface area contributed by atoms with E-state index in [9.17, 15) is 0 Å². The van der Waals surface area contributed by atoms with Crippen molar-refractivity contribution in [3.8, 4) is 0 Å². The number of halogens is 1. The van der Waals surface area contributed by atoms with E-state index in [1.165, 1.54) is 38.8 Å². The standard InChI is InChI=1S/C36H23BN2O.C36H25ClN2O/c1-3-14-26(15-4-1)38-30-19-10-9-18-29(30)37-34-31(38)20-11-21-32(34)39(27-16-5-2-6-17-27)35-28-22-24-12-7-8-13-25(24)23-33(28)40-36(35)37;37-36-32(38(28-15-4-1-5-16-28)29-17-6-2-7-18-29)21-12-22-33(36)39(30-19-8-3-9-20-30)34-25-40-35-24-27-14-11-10-13-26(27)23-31(34)35/h1-23H;1-25H. The predicted octanol–water partition coefficient (Wildman–Crippen LogP) is 18.8. The Balaban J connectivity index is 0.000000138. The molecule has 6 nitrogen and oxygen atoms in total. The molecule has 0 N–H and O–H groups in total. The summed E-state index contributed by atoms with van der Waals surface area (Å²) in [5.41, 5.74) is 17.9. The van der Waals surface area contributed by atoms with E-state index >= 15 is 0 Å². The fraction of sp³-hybridized carbons (Fsp3) is 0. The molecule has 14 aromatic rings. The van der Waals surface area contributed by atoms with Crippen LogP contribution in [0.3, 0.4) is 0 Å². The number of anilines is 12. The lowest BCUT2D eigenvalue weighted by molar-refractivity contribution is 0.616. The molecule has 0 atom stereocenters. The van der Waals surface area contributed by atoms with Crippen LogP contribution in [0.15, 0.2) is 300 Å². The molecule has 12 aromatic carbocycles. The van der Waals surface area contributed by atoms with Crippen LogP contribution in [0.4, 0.5) is 68.2 Å². The summed E-state index contributed by atoms with van der Waals surface area (Å²) >= 11 is 7.40. The summed E-state index contributed by atoms with van der Waals surface area (Å²) in [6.45, 7) is -0.0205. The lowest BCUT2D eigenvalue weighted by atomic mass is 9.35. The third kappa shape index (κ3) is 7.89. The van der Waals surface area contributed by atoms with Gasteiger partial charge < -0.3 is 28.4 Å². The van der Waals surface area contributed by atoms with E-state index in [4.69, 9.17) is 20.4 Å². The fourth-order valence-electron chi connectivity index (χ4n) is 12.0. The van der Waals surface area contributed by atoms with Gasteiger partial charge in [0, 0.05) is 56.3 Å². The van der Waals surface area contributed by atoms with E-state index in [0.717, 1.165) is 89.6 Å². The van der Waals surface area contributed by atoms with Crippen molar-refractivity contribution in [1.29, 1.82) is 0 Å². The summed E-state index contributed by atoms with van der Waals surface area (Å²) in [6, 6.07) is 99.6. The average molecular weight is 1050 g/mol. The highest BCUT2D eigenvalue weighted by atomic mass is 35.5. The first-order valence-electron chi connectivity index (χ1n) is 27.0. The van der Waals surface area contributed by atoms with Gasteiger partial charge in [0.05, 0.1) is 33.4 Å². The van der Waals surface area contributed by atoms with Crippen molar-refractivity contribution in [2.75, 3.05) is 19.6 Å². The quantitative estimate of drug-likeness (QED) is 0.141. The lowest BCUT2D eigenvalue weighted by Gasteiger charge is -2.42. The van der Waals surface area contributed by atoms with E-state index in [0.29, 0.717) is 5.02 Å². The third-order valence-electron chi connectivity index (χ3n) is 15.5. The van der Waals surface area contributed by atoms with Crippen LogP contribution in [0.2, 0.25) is 5.02 Å². The molecule has 0 aliphatic carbocycles. The summed E-state index contributed by atoms with van der Waals surface area (Å²) in [5.74, 6) is 0. The van der Waals surface area contributed by atoms with Gasteiger partial charge in [0.15, 0.2) is 0 Å². The Labute approximate surface area is 468 Å². The first kappa shape index (κ1) is 47.0. The van der Waals surface area contributed by atoms with Gasteiger partial charge >= 0.3 is 0 Å². The molecule has 0 amide bonds. The number of rotatable bonds is 8. The summed E-state index contributed by atoms with van der Waals surface area (Å²) in [7, 11) is 0. The van der Waals surface area contributed by atoms with Crippen LogP contribution in [0.1, 0.15) is 0 Å². The summed E-state index contributed by atoms with van der Waals surface area (Å²) in [4.78, 5) is 9.18. The van der Waals surface area contributed by atoms with Crippen LogP contribution in [0.25, 0.3) is 43.5 Å². The summed E-state index contributed by atoms with van der Waals surface area (Å²) in [6.07, 6.45) is 1.83. The number of para-hydroxylation sites is 6. The second kappa shape index (κ2) is 19.7. The van der Waals surface area contributed by atoms with Crippen molar-refractivity contribution < 1.29 is 8.83 Å². The number of nitrogens with zero attached hydrogens (tertiary/aromatic N) is 4. The van der Waals surface area contributed by atoms with Crippen molar-refractivity contribution in [1.82, 2.24) is 0 Å². The van der Waals surface area contributed by atoms with Gasteiger partial charge in [-0.3, -0.25) is 0 Å². The molecule has 0 fully saturated rings. The Bertz CT molecular complexity index is 4550. The fourth-order valence-corrected chi connectivity index (χ4v) is 12.3. The molecule has 0 saturated heterocycles. The topological polar surface area (TPSA) is 39.2 Å². The van der Waals surface area contributed by atoms with Gasteiger partial charge in [-0.25, -0.2) is 0 Å². The van der Waals surface area contributed by atoms with Crippen LogP contribution < -0.4 is 36.2 Å². The van der Waals surface area contributed by atoms with E-state index < -0.39 is 0 Å². The van der Waals surface area contributed by atoms with E-state index in [1.807, 2.05) is 66.9 Å². The smallest absolute Gasteiger partial charge is 0.297 e. The summed E-state index contributed by atoms with van der Waals surface area (Å²) in [5, 5.41) is 7.49. The number of benzene rings is 12.